The van der Waals surface area contributed by atoms with Crippen molar-refractivity contribution in [3.63, 3.8) is 0 Å². The van der Waals surface area contributed by atoms with E-state index in [0.29, 0.717) is 30.6 Å². The number of rotatable bonds is 4. The normalized spacial score (nSPS) is 20.7. The number of aryl methyl sites for hydroxylation is 1. The van der Waals surface area contributed by atoms with Crippen LogP contribution in [0.15, 0.2) is 22.9 Å². The number of hydrogen-bond acceptors (Lipinski definition) is 6. The quantitative estimate of drug-likeness (QED) is 0.825. The van der Waals surface area contributed by atoms with Gasteiger partial charge in [0.05, 0.1) is 11.5 Å². The first-order valence-electron chi connectivity index (χ1n) is 10.1. The molecule has 0 radical (unpaired) electrons. The molecule has 7 nitrogen and oxygen atoms in total. The number of piperidine rings is 2. The van der Waals surface area contributed by atoms with E-state index in [0.717, 1.165) is 56.7 Å². The molecule has 2 aliphatic rings. The van der Waals surface area contributed by atoms with Crippen molar-refractivity contribution in [3.8, 4) is 11.4 Å². The maximum absolute atomic E-state index is 13.0. The van der Waals surface area contributed by atoms with Crippen LogP contribution in [0.3, 0.4) is 0 Å². The van der Waals surface area contributed by atoms with Crippen molar-refractivity contribution in [2.24, 2.45) is 5.92 Å². The topological polar surface area (TPSA) is 75.4 Å². The molecule has 0 aliphatic carbocycles. The maximum Gasteiger partial charge on any atom is 0.227 e. The van der Waals surface area contributed by atoms with Gasteiger partial charge in [-0.3, -0.25) is 4.79 Å². The van der Waals surface area contributed by atoms with Crippen LogP contribution in [0.4, 0.5) is 5.82 Å². The third kappa shape index (κ3) is 3.82. The van der Waals surface area contributed by atoms with Gasteiger partial charge in [0.15, 0.2) is 0 Å². The summed E-state index contributed by atoms with van der Waals surface area (Å²) in [5.41, 5.74) is 0.868. The zero-order chi connectivity index (χ0) is 18.6. The first kappa shape index (κ1) is 17.9. The van der Waals surface area contributed by atoms with Crippen LogP contribution in [-0.2, 0) is 11.2 Å². The van der Waals surface area contributed by atoms with E-state index in [9.17, 15) is 4.79 Å². The Morgan fingerprint density at radius 1 is 1.22 bits per heavy atom. The number of likely N-dealkylation sites (tertiary alicyclic amines) is 1. The molecular formula is C20H27N5O2. The second-order valence-corrected chi connectivity index (χ2v) is 7.41. The third-order valence-corrected chi connectivity index (χ3v) is 5.54. The number of nitrogens with zero attached hydrogens (tertiary/aromatic N) is 5. The fourth-order valence-electron chi connectivity index (χ4n) is 4.07. The van der Waals surface area contributed by atoms with E-state index in [1.54, 1.807) is 6.20 Å². The maximum atomic E-state index is 13.0. The Labute approximate surface area is 159 Å². The molecule has 0 spiro atoms. The summed E-state index contributed by atoms with van der Waals surface area (Å²) in [6.07, 6.45) is 7.94. The largest absolute Gasteiger partial charge is 0.355 e. The molecule has 2 aromatic heterocycles. The average Bonchev–Trinajstić information content (AvgIpc) is 3.23. The highest BCUT2D eigenvalue weighted by Crippen LogP contribution is 2.31. The summed E-state index contributed by atoms with van der Waals surface area (Å²) in [6.45, 7) is 5.41. The number of anilines is 1. The lowest BCUT2D eigenvalue weighted by atomic mass is 9.95. The minimum Gasteiger partial charge on any atom is -0.355 e. The zero-order valence-corrected chi connectivity index (χ0v) is 15.9. The van der Waals surface area contributed by atoms with Crippen LogP contribution in [0.1, 0.15) is 44.9 Å². The summed E-state index contributed by atoms with van der Waals surface area (Å²) in [6, 6.07) is 3.86. The minimum absolute atomic E-state index is 0.0446. The van der Waals surface area contributed by atoms with Crippen LogP contribution in [0, 0.1) is 5.92 Å². The first-order chi connectivity index (χ1) is 13.3. The van der Waals surface area contributed by atoms with E-state index < -0.39 is 0 Å². The van der Waals surface area contributed by atoms with Crippen LogP contribution in [0.2, 0.25) is 0 Å². The van der Waals surface area contributed by atoms with E-state index in [2.05, 4.69) is 24.9 Å². The Kier molecular flexibility index (Phi) is 5.36. The second kappa shape index (κ2) is 8.06. The smallest absolute Gasteiger partial charge is 0.227 e. The first-order valence-corrected chi connectivity index (χ1v) is 10.1. The minimum atomic E-state index is 0.0446. The molecule has 4 heterocycles. The van der Waals surface area contributed by atoms with Crippen molar-refractivity contribution in [2.45, 2.75) is 45.4 Å². The fraction of sp³-hybridized carbons (Fsp3) is 0.600. The van der Waals surface area contributed by atoms with Gasteiger partial charge >= 0.3 is 0 Å². The van der Waals surface area contributed by atoms with Crippen LogP contribution < -0.4 is 4.90 Å². The molecule has 7 heteroatoms. The van der Waals surface area contributed by atoms with Gasteiger partial charge in [-0.1, -0.05) is 12.1 Å². The van der Waals surface area contributed by atoms with Gasteiger partial charge in [-0.15, -0.1) is 0 Å². The molecule has 4 rings (SSSR count). The molecule has 2 aliphatic heterocycles. The van der Waals surface area contributed by atoms with E-state index >= 15 is 0 Å². The summed E-state index contributed by atoms with van der Waals surface area (Å²) in [7, 11) is 0. The monoisotopic (exact) mass is 369 g/mol. The van der Waals surface area contributed by atoms with Gasteiger partial charge in [-0.05, 0) is 44.2 Å². The van der Waals surface area contributed by atoms with E-state index in [1.807, 2.05) is 19.1 Å². The number of carbonyl (C=O) groups is 1. The summed E-state index contributed by atoms with van der Waals surface area (Å²) < 4.78 is 5.28. The lowest BCUT2D eigenvalue weighted by Gasteiger charge is -2.37. The number of aromatic nitrogens is 3. The number of amides is 1. The summed E-state index contributed by atoms with van der Waals surface area (Å²) in [5, 5.41) is 4.11. The van der Waals surface area contributed by atoms with Crippen LogP contribution in [0.25, 0.3) is 11.4 Å². The number of hydrogen-bond donors (Lipinski definition) is 0. The molecule has 0 saturated carbocycles. The highest BCUT2D eigenvalue weighted by Gasteiger charge is 2.31. The fourth-order valence-corrected chi connectivity index (χ4v) is 4.07. The molecule has 1 unspecified atom stereocenters. The van der Waals surface area contributed by atoms with Crippen LogP contribution >= 0.6 is 0 Å². The Morgan fingerprint density at radius 3 is 2.85 bits per heavy atom. The predicted octanol–water partition coefficient (Wildman–Crippen LogP) is 2.92. The molecule has 1 amide bonds. The molecule has 0 aromatic carbocycles. The zero-order valence-electron chi connectivity index (χ0n) is 15.9. The van der Waals surface area contributed by atoms with Gasteiger partial charge < -0.3 is 14.3 Å². The van der Waals surface area contributed by atoms with Gasteiger partial charge in [-0.25, -0.2) is 4.98 Å². The van der Waals surface area contributed by atoms with Gasteiger partial charge in [-0.2, -0.15) is 4.98 Å². The van der Waals surface area contributed by atoms with E-state index in [1.165, 1.54) is 6.42 Å². The molecule has 0 bridgehead atoms. The van der Waals surface area contributed by atoms with E-state index in [-0.39, 0.29) is 5.92 Å². The molecule has 2 fully saturated rings. The summed E-state index contributed by atoms with van der Waals surface area (Å²) in [5.74, 6) is 2.39. The molecule has 1 atom stereocenters. The van der Waals surface area contributed by atoms with Crippen LogP contribution in [-0.4, -0.2) is 52.1 Å². The van der Waals surface area contributed by atoms with Crippen molar-refractivity contribution in [3.05, 3.63) is 24.2 Å². The molecule has 144 valence electrons. The molecule has 2 aromatic rings. The molecule has 27 heavy (non-hydrogen) atoms. The van der Waals surface area contributed by atoms with Crippen molar-refractivity contribution in [1.82, 2.24) is 20.0 Å². The molecule has 0 N–H and O–H groups in total. The standard InChI is InChI=1S/C20H27N5O2/c1-2-17-22-18(23-27-17)16-9-6-10-21-19(16)25-13-7-8-15(14-25)20(26)24-11-4-3-5-12-24/h6,9-10,15H,2-5,7-8,11-14H2,1H3. The Bertz CT molecular complexity index is 784. The Balaban J connectivity index is 1.54. The Hall–Kier alpha value is -2.44. The van der Waals surface area contributed by atoms with Gasteiger partial charge in [0.25, 0.3) is 0 Å². The second-order valence-electron chi connectivity index (χ2n) is 7.41. The van der Waals surface area contributed by atoms with Crippen LogP contribution in [0.5, 0.6) is 0 Å². The third-order valence-electron chi connectivity index (χ3n) is 5.54. The summed E-state index contributed by atoms with van der Waals surface area (Å²) in [4.78, 5) is 26.3. The van der Waals surface area contributed by atoms with Crippen molar-refractivity contribution < 1.29 is 9.32 Å². The van der Waals surface area contributed by atoms with Gasteiger partial charge in [0.2, 0.25) is 17.6 Å². The number of pyridine rings is 1. The lowest BCUT2D eigenvalue weighted by molar-refractivity contribution is -0.136. The van der Waals surface area contributed by atoms with Crippen molar-refractivity contribution in [1.29, 1.82) is 0 Å². The predicted molar refractivity (Wildman–Crippen MR) is 102 cm³/mol. The Morgan fingerprint density at radius 2 is 2.07 bits per heavy atom. The van der Waals surface area contributed by atoms with Gasteiger partial charge in [0, 0.05) is 38.8 Å². The average molecular weight is 369 g/mol. The van der Waals surface area contributed by atoms with Crippen molar-refractivity contribution >= 4 is 11.7 Å². The lowest BCUT2D eigenvalue weighted by Crippen LogP contribution is -2.46. The number of carbonyl (C=O) groups excluding carboxylic acids is 1. The van der Waals surface area contributed by atoms with Gasteiger partial charge in [0.1, 0.15) is 5.82 Å². The molecular weight excluding hydrogens is 342 g/mol. The van der Waals surface area contributed by atoms with Crippen molar-refractivity contribution in [2.75, 3.05) is 31.1 Å². The SMILES string of the molecule is CCc1nc(-c2cccnc2N2CCCC(C(=O)N3CCCCC3)C2)no1. The van der Waals surface area contributed by atoms with E-state index in [4.69, 9.17) is 4.52 Å². The molecule has 2 saturated heterocycles. The highest BCUT2D eigenvalue weighted by molar-refractivity contribution is 5.80. The summed E-state index contributed by atoms with van der Waals surface area (Å²) >= 11 is 0. The highest BCUT2D eigenvalue weighted by atomic mass is 16.5.